The Morgan fingerprint density at radius 2 is 1.74 bits per heavy atom. The first-order valence-corrected chi connectivity index (χ1v) is 11.4. The van der Waals surface area contributed by atoms with Gasteiger partial charge in [-0.3, -0.25) is 14.9 Å². The van der Waals surface area contributed by atoms with Gasteiger partial charge in [0.1, 0.15) is 17.5 Å². The fourth-order valence-electron chi connectivity index (χ4n) is 4.33. The summed E-state index contributed by atoms with van der Waals surface area (Å²) < 4.78 is 16.1. The summed E-state index contributed by atoms with van der Waals surface area (Å²) in [4.78, 5) is 35.1. The fourth-order valence-corrected chi connectivity index (χ4v) is 4.33. The fraction of sp³-hybridized carbons (Fsp3) is 0.400. The van der Waals surface area contributed by atoms with Crippen LogP contribution in [-0.4, -0.2) is 69.7 Å². The van der Waals surface area contributed by atoms with Gasteiger partial charge in [-0.1, -0.05) is 18.2 Å². The van der Waals surface area contributed by atoms with Crippen LogP contribution in [0.25, 0.3) is 0 Å². The van der Waals surface area contributed by atoms with E-state index >= 15 is 0 Å². The molecule has 0 unspecified atom stereocenters. The van der Waals surface area contributed by atoms with E-state index in [4.69, 9.17) is 19.2 Å². The second-order valence-corrected chi connectivity index (χ2v) is 8.03. The lowest BCUT2D eigenvalue weighted by Gasteiger charge is -2.39. The van der Waals surface area contributed by atoms with Crippen LogP contribution in [0.4, 0.5) is 5.69 Å². The summed E-state index contributed by atoms with van der Waals surface area (Å²) in [6, 6.07) is 14.7. The number of esters is 1. The van der Waals surface area contributed by atoms with Gasteiger partial charge in [0, 0.05) is 43.5 Å². The number of ether oxygens (including phenoxy) is 3. The highest BCUT2D eigenvalue weighted by Crippen LogP contribution is 2.38. The number of para-hydroxylation sites is 1. The van der Waals surface area contributed by atoms with E-state index in [1.165, 1.54) is 12.8 Å². The number of carbonyl (C=O) groups is 2. The van der Waals surface area contributed by atoms with Gasteiger partial charge in [0.15, 0.2) is 5.92 Å². The van der Waals surface area contributed by atoms with Gasteiger partial charge >= 0.3 is 5.97 Å². The molecule has 2 aromatic rings. The Bertz CT molecular complexity index is 1050. The SMILES string of the molecule is CCOC(=O)[C@H]1C(=O)NC(N2CCN(c3ccccc3)CC2)=N[C@H]1c1ccc(OC)cc1OC. The zero-order valence-electron chi connectivity index (χ0n) is 19.7. The predicted octanol–water partition coefficient (Wildman–Crippen LogP) is 2.23. The van der Waals surface area contributed by atoms with Gasteiger partial charge < -0.3 is 24.0 Å². The maximum Gasteiger partial charge on any atom is 0.321 e. The van der Waals surface area contributed by atoms with Crippen LogP contribution >= 0.6 is 0 Å². The zero-order chi connectivity index (χ0) is 24.1. The molecule has 1 fully saturated rings. The molecule has 0 radical (unpaired) electrons. The zero-order valence-corrected chi connectivity index (χ0v) is 19.7. The lowest BCUT2D eigenvalue weighted by atomic mass is 9.90. The lowest BCUT2D eigenvalue weighted by Crippen LogP contribution is -2.57. The van der Waals surface area contributed by atoms with E-state index in [1.54, 1.807) is 32.2 Å². The van der Waals surface area contributed by atoms with Crippen LogP contribution in [0.3, 0.4) is 0 Å². The minimum Gasteiger partial charge on any atom is -0.497 e. The largest absolute Gasteiger partial charge is 0.497 e. The Balaban J connectivity index is 1.63. The molecule has 34 heavy (non-hydrogen) atoms. The number of hydrogen-bond donors (Lipinski definition) is 1. The van der Waals surface area contributed by atoms with Crippen molar-refractivity contribution in [3.8, 4) is 11.5 Å². The predicted molar refractivity (Wildman–Crippen MR) is 128 cm³/mol. The van der Waals surface area contributed by atoms with Gasteiger partial charge in [0.25, 0.3) is 0 Å². The van der Waals surface area contributed by atoms with Gasteiger partial charge in [-0.25, -0.2) is 4.99 Å². The molecule has 2 heterocycles. The molecule has 1 N–H and O–H groups in total. The molecule has 0 aromatic heterocycles. The second kappa shape index (κ2) is 10.5. The Morgan fingerprint density at radius 1 is 1.03 bits per heavy atom. The molecular weight excluding hydrogens is 436 g/mol. The number of aliphatic imine (C=N–C) groups is 1. The number of nitrogens with one attached hydrogen (secondary N) is 1. The molecule has 2 aromatic carbocycles. The summed E-state index contributed by atoms with van der Waals surface area (Å²) >= 11 is 0. The molecule has 1 saturated heterocycles. The molecule has 9 heteroatoms. The monoisotopic (exact) mass is 466 g/mol. The Morgan fingerprint density at radius 3 is 2.38 bits per heavy atom. The first-order chi connectivity index (χ1) is 16.5. The van der Waals surface area contributed by atoms with Gasteiger partial charge in [0.05, 0.1) is 20.8 Å². The molecule has 2 aliphatic rings. The smallest absolute Gasteiger partial charge is 0.321 e. The molecule has 2 aliphatic heterocycles. The highest BCUT2D eigenvalue weighted by atomic mass is 16.5. The van der Waals surface area contributed by atoms with E-state index in [1.807, 2.05) is 23.1 Å². The van der Waals surface area contributed by atoms with E-state index in [2.05, 4.69) is 22.3 Å². The van der Waals surface area contributed by atoms with E-state index in [0.29, 0.717) is 36.1 Å². The van der Waals surface area contributed by atoms with Gasteiger partial charge in [-0.05, 0) is 31.2 Å². The number of methoxy groups -OCH3 is 2. The number of benzene rings is 2. The maximum atomic E-state index is 13.2. The summed E-state index contributed by atoms with van der Waals surface area (Å²) in [6.45, 7) is 4.83. The number of rotatable bonds is 6. The van der Waals surface area contributed by atoms with Crippen LogP contribution in [0.1, 0.15) is 18.5 Å². The van der Waals surface area contributed by atoms with Crippen molar-refractivity contribution >= 4 is 23.5 Å². The first kappa shape index (κ1) is 23.4. The minimum absolute atomic E-state index is 0.174. The van der Waals surface area contributed by atoms with Crippen molar-refractivity contribution in [2.75, 3.05) is 51.9 Å². The molecule has 0 aliphatic carbocycles. The molecule has 0 bridgehead atoms. The second-order valence-electron chi connectivity index (χ2n) is 8.03. The molecule has 0 saturated carbocycles. The summed E-state index contributed by atoms with van der Waals surface area (Å²) in [6.07, 6.45) is 0. The van der Waals surface area contributed by atoms with Gasteiger partial charge in [-0.15, -0.1) is 0 Å². The van der Waals surface area contributed by atoms with E-state index in [-0.39, 0.29) is 6.61 Å². The number of hydrogen-bond acceptors (Lipinski definition) is 8. The van der Waals surface area contributed by atoms with E-state index in [9.17, 15) is 9.59 Å². The standard InChI is InChI=1S/C25H30N4O5/c1-4-34-24(31)21-22(19-11-10-18(32-2)16-20(19)33-3)26-25(27-23(21)30)29-14-12-28(13-15-29)17-8-6-5-7-9-17/h5-11,16,21-22H,4,12-15H2,1-3H3,(H,26,27,30)/t21-,22+/m1/s1. The number of amides is 1. The molecule has 1 amide bonds. The third-order valence-electron chi connectivity index (χ3n) is 6.09. The van der Waals surface area contributed by atoms with E-state index < -0.39 is 23.8 Å². The number of nitrogens with zero attached hydrogens (tertiary/aromatic N) is 3. The molecular formula is C25H30N4O5. The van der Waals surface area contributed by atoms with Crippen molar-refractivity contribution < 1.29 is 23.8 Å². The highest BCUT2D eigenvalue weighted by molar-refractivity contribution is 6.08. The van der Waals surface area contributed by atoms with Crippen molar-refractivity contribution in [1.29, 1.82) is 0 Å². The van der Waals surface area contributed by atoms with Crippen LogP contribution in [0, 0.1) is 5.92 Å². The summed E-state index contributed by atoms with van der Waals surface area (Å²) in [5, 5.41) is 2.84. The normalized spacial score (nSPS) is 20.3. The van der Waals surface area contributed by atoms with Crippen LogP contribution in [0.2, 0.25) is 0 Å². The molecule has 2 atom stereocenters. The van der Waals surface area contributed by atoms with Gasteiger partial charge in [0.2, 0.25) is 11.9 Å². The molecule has 0 spiro atoms. The number of anilines is 1. The third-order valence-corrected chi connectivity index (χ3v) is 6.09. The van der Waals surface area contributed by atoms with Crippen LogP contribution in [0.15, 0.2) is 53.5 Å². The van der Waals surface area contributed by atoms with E-state index in [0.717, 1.165) is 13.1 Å². The average molecular weight is 467 g/mol. The summed E-state index contributed by atoms with van der Waals surface area (Å²) in [7, 11) is 3.10. The molecule has 4 rings (SSSR count). The first-order valence-electron chi connectivity index (χ1n) is 11.4. The number of piperazine rings is 1. The quantitative estimate of drug-likeness (QED) is 0.516. The van der Waals surface area contributed by atoms with Crippen molar-refractivity contribution in [3.05, 3.63) is 54.1 Å². The van der Waals surface area contributed by atoms with Gasteiger partial charge in [-0.2, -0.15) is 0 Å². The number of carbonyl (C=O) groups excluding carboxylic acids is 2. The lowest BCUT2D eigenvalue weighted by molar-refractivity contribution is -0.153. The Hall–Kier alpha value is -3.75. The van der Waals surface area contributed by atoms with Crippen LogP contribution in [-0.2, 0) is 14.3 Å². The van der Waals surface area contributed by atoms with Crippen molar-refractivity contribution in [2.24, 2.45) is 10.9 Å². The minimum atomic E-state index is -1.11. The Kier molecular flexibility index (Phi) is 7.20. The molecule has 180 valence electrons. The summed E-state index contributed by atoms with van der Waals surface area (Å²) in [5.41, 5.74) is 1.79. The molecule has 9 nitrogen and oxygen atoms in total. The van der Waals surface area contributed by atoms with Crippen LogP contribution in [0.5, 0.6) is 11.5 Å². The van der Waals surface area contributed by atoms with Crippen molar-refractivity contribution in [2.45, 2.75) is 13.0 Å². The summed E-state index contributed by atoms with van der Waals surface area (Å²) in [5.74, 6) is -0.603. The van der Waals surface area contributed by atoms with Crippen molar-refractivity contribution in [3.63, 3.8) is 0 Å². The number of guanidine groups is 1. The Labute approximate surface area is 199 Å². The average Bonchev–Trinajstić information content (AvgIpc) is 2.88. The maximum absolute atomic E-state index is 13.2. The topological polar surface area (TPSA) is 92.7 Å². The van der Waals surface area contributed by atoms with Crippen molar-refractivity contribution in [1.82, 2.24) is 10.2 Å². The van der Waals surface area contributed by atoms with Crippen LogP contribution < -0.4 is 19.7 Å². The third kappa shape index (κ3) is 4.78. The highest BCUT2D eigenvalue weighted by Gasteiger charge is 2.43.